The molecule has 5 nitrogen and oxygen atoms in total. The first-order chi connectivity index (χ1) is 11.2. The summed E-state index contributed by atoms with van der Waals surface area (Å²) >= 11 is 0. The SMILES string of the molecule is C=CCc1cc(CNC(=NC)NCC2CC2)cc(OC)c1OC.I. The molecule has 1 aliphatic rings. The van der Waals surface area contributed by atoms with Crippen LogP contribution in [0.5, 0.6) is 11.5 Å². The van der Waals surface area contributed by atoms with E-state index in [1.54, 1.807) is 21.3 Å². The van der Waals surface area contributed by atoms with Gasteiger partial charge in [-0.05, 0) is 42.9 Å². The summed E-state index contributed by atoms with van der Waals surface area (Å²) in [6.07, 6.45) is 5.25. The number of rotatable bonds is 8. The average Bonchev–Trinajstić information content (AvgIpc) is 3.39. The second kappa shape index (κ2) is 10.4. The fourth-order valence-electron chi connectivity index (χ4n) is 2.49. The molecular formula is C18H28IN3O2. The minimum atomic E-state index is 0. The lowest BCUT2D eigenvalue weighted by atomic mass is 10.1. The van der Waals surface area contributed by atoms with Crippen LogP contribution in [0.4, 0.5) is 0 Å². The lowest BCUT2D eigenvalue weighted by molar-refractivity contribution is 0.352. The highest BCUT2D eigenvalue weighted by molar-refractivity contribution is 14.0. The average molecular weight is 445 g/mol. The number of benzene rings is 1. The summed E-state index contributed by atoms with van der Waals surface area (Å²) in [5.74, 6) is 3.16. The molecule has 1 saturated carbocycles. The van der Waals surface area contributed by atoms with Gasteiger partial charge in [0.25, 0.3) is 0 Å². The summed E-state index contributed by atoms with van der Waals surface area (Å²) < 4.78 is 10.9. The third-order valence-corrected chi connectivity index (χ3v) is 3.92. The maximum atomic E-state index is 5.46. The molecule has 0 heterocycles. The quantitative estimate of drug-likeness (QED) is 0.280. The lowest BCUT2D eigenvalue weighted by Gasteiger charge is -2.16. The topological polar surface area (TPSA) is 54.9 Å². The second-order valence-corrected chi connectivity index (χ2v) is 5.73. The molecule has 0 atom stereocenters. The molecule has 1 fully saturated rings. The fraction of sp³-hybridized carbons (Fsp3) is 0.500. The van der Waals surface area contributed by atoms with Crippen LogP contribution in [0.15, 0.2) is 29.8 Å². The number of nitrogens with one attached hydrogen (secondary N) is 2. The van der Waals surface area contributed by atoms with Gasteiger partial charge >= 0.3 is 0 Å². The van der Waals surface area contributed by atoms with Crippen LogP contribution < -0.4 is 20.1 Å². The predicted octanol–water partition coefficient (Wildman–Crippen LogP) is 3.13. The summed E-state index contributed by atoms with van der Waals surface area (Å²) in [6, 6.07) is 4.11. The van der Waals surface area contributed by atoms with Crippen molar-refractivity contribution in [2.75, 3.05) is 27.8 Å². The van der Waals surface area contributed by atoms with E-state index >= 15 is 0 Å². The zero-order valence-electron chi connectivity index (χ0n) is 14.7. The molecule has 0 saturated heterocycles. The largest absolute Gasteiger partial charge is 0.493 e. The van der Waals surface area contributed by atoms with Gasteiger partial charge in [0.1, 0.15) is 0 Å². The van der Waals surface area contributed by atoms with Crippen LogP contribution in [-0.4, -0.2) is 33.8 Å². The fourth-order valence-corrected chi connectivity index (χ4v) is 2.49. The molecule has 2 N–H and O–H groups in total. The van der Waals surface area contributed by atoms with E-state index in [4.69, 9.17) is 9.47 Å². The number of allylic oxidation sites excluding steroid dienone is 1. The summed E-state index contributed by atoms with van der Waals surface area (Å²) in [4.78, 5) is 4.26. The van der Waals surface area contributed by atoms with E-state index in [0.717, 1.165) is 47.5 Å². The van der Waals surface area contributed by atoms with Crippen LogP contribution in [0, 0.1) is 5.92 Å². The van der Waals surface area contributed by atoms with Crippen molar-refractivity contribution in [3.63, 3.8) is 0 Å². The Labute approximate surface area is 161 Å². The number of hydrogen-bond acceptors (Lipinski definition) is 3. The van der Waals surface area contributed by atoms with Gasteiger partial charge in [-0.1, -0.05) is 6.08 Å². The number of guanidine groups is 1. The minimum Gasteiger partial charge on any atom is -0.493 e. The normalized spacial score (nSPS) is 13.7. The predicted molar refractivity (Wildman–Crippen MR) is 110 cm³/mol. The van der Waals surface area contributed by atoms with E-state index in [-0.39, 0.29) is 24.0 Å². The Balaban J connectivity index is 0.00000288. The van der Waals surface area contributed by atoms with Crippen molar-refractivity contribution < 1.29 is 9.47 Å². The van der Waals surface area contributed by atoms with E-state index in [1.165, 1.54) is 12.8 Å². The molecule has 1 aliphatic carbocycles. The molecule has 0 spiro atoms. The molecule has 1 aromatic carbocycles. The lowest BCUT2D eigenvalue weighted by Crippen LogP contribution is -2.37. The monoisotopic (exact) mass is 445 g/mol. The van der Waals surface area contributed by atoms with Gasteiger partial charge in [0.05, 0.1) is 14.2 Å². The first-order valence-corrected chi connectivity index (χ1v) is 8.01. The van der Waals surface area contributed by atoms with Crippen LogP contribution in [-0.2, 0) is 13.0 Å². The zero-order chi connectivity index (χ0) is 16.7. The molecule has 0 amide bonds. The molecule has 2 rings (SSSR count). The standard InChI is InChI=1S/C18H27N3O2.HI/c1-5-6-15-9-14(10-16(22-3)17(15)23-4)12-21-18(19-2)20-11-13-7-8-13;/h5,9-10,13H,1,6-8,11-12H2,2-4H3,(H2,19,20,21);1H. The van der Waals surface area contributed by atoms with Gasteiger partial charge < -0.3 is 20.1 Å². The highest BCUT2D eigenvalue weighted by Gasteiger charge is 2.21. The van der Waals surface area contributed by atoms with Gasteiger partial charge in [-0.15, -0.1) is 30.6 Å². The van der Waals surface area contributed by atoms with Crippen molar-refractivity contribution in [2.24, 2.45) is 10.9 Å². The summed E-state index contributed by atoms with van der Waals surface area (Å²) in [5.41, 5.74) is 2.19. The smallest absolute Gasteiger partial charge is 0.191 e. The van der Waals surface area contributed by atoms with Gasteiger partial charge in [0.15, 0.2) is 17.5 Å². The van der Waals surface area contributed by atoms with Crippen LogP contribution >= 0.6 is 24.0 Å². The van der Waals surface area contributed by atoms with Crippen molar-refractivity contribution >= 4 is 29.9 Å². The Bertz CT molecular complexity index is 572. The molecule has 0 bridgehead atoms. The number of nitrogens with zero attached hydrogens (tertiary/aromatic N) is 1. The number of aliphatic imine (C=N–C) groups is 1. The Morgan fingerprint density at radius 3 is 2.58 bits per heavy atom. The molecule has 0 radical (unpaired) electrons. The highest BCUT2D eigenvalue weighted by Crippen LogP contribution is 2.33. The summed E-state index contributed by atoms with van der Waals surface area (Å²) in [6.45, 7) is 5.48. The Hall–Kier alpha value is -1.44. The van der Waals surface area contributed by atoms with E-state index in [0.29, 0.717) is 6.54 Å². The third-order valence-electron chi connectivity index (χ3n) is 3.92. The van der Waals surface area contributed by atoms with E-state index in [9.17, 15) is 0 Å². The zero-order valence-corrected chi connectivity index (χ0v) is 17.1. The number of halogens is 1. The maximum absolute atomic E-state index is 5.46. The van der Waals surface area contributed by atoms with Gasteiger partial charge in [0.2, 0.25) is 0 Å². The van der Waals surface area contributed by atoms with Gasteiger partial charge in [0, 0.05) is 25.7 Å². The maximum Gasteiger partial charge on any atom is 0.191 e. The third kappa shape index (κ3) is 5.89. The molecule has 24 heavy (non-hydrogen) atoms. The van der Waals surface area contributed by atoms with Gasteiger partial charge in [-0.2, -0.15) is 0 Å². The molecule has 6 heteroatoms. The summed E-state index contributed by atoms with van der Waals surface area (Å²) in [5, 5.41) is 6.70. The van der Waals surface area contributed by atoms with Gasteiger partial charge in [-0.25, -0.2) is 0 Å². The van der Waals surface area contributed by atoms with Crippen molar-refractivity contribution in [3.8, 4) is 11.5 Å². The van der Waals surface area contributed by atoms with E-state index < -0.39 is 0 Å². The highest BCUT2D eigenvalue weighted by atomic mass is 127. The number of methoxy groups -OCH3 is 2. The van der Waals surface area contributed by atoms with Crippen molar-refractivity contribution in [1.82, 2.24) is 10.6 Å². The first kappa shape index (κ1) is 20.6. The second-order valence-electron chi connectivity index (χ2n) is 5.73. The Morgan fingerprint density at radius 2 is 2.04 bits per heavy atom. The first-order valence-electron chi connectivity index (χ1n) is 8.01. The van der Waals surface area contributed by atoms with E-state index in [2.05, 4.69) is 28.3 Å². The molecule has 0 unspecified atom stereocenters. The number of ether oxygens (including phenoxy) is 2. The van der Waals surface area contributed by atoms with Crippen LogP contribution in [0.25, 0.3) is 0 Å². The van der Waals surface area contributed by atoms with Crippen LogP contribution in [0.1, 0.15) is 24.0 Å². The molecule has 0 aliphatic heterocycles. The minimum absolute atomic E-state index is 0. The van der Waals surface area contributed by atoms with Crippen molar-refractivity contribution in [2.45, 2.75) is 25.8 Å². The molecule has 0 aromatic heterocycles. The number of hydrogen-bond donors (Lipinski definition) is 2. The molecule has 1 aromatic rings. The van der Waals surface area contributed by atoms with Crippen LogP contribution in [0.2, 0.25) is 0 Å². The Morgan fingerprint density at radius 1 is 1.29 bits per heavy atom. The van der Waals surface area contributed by atoms with Gasteiger partial charge in [-0.3, -0.25) is 4.99 Å². The Kier molecular flexibility index (Phi) is 8.95. The van der Waals surface area contributed by atoms with Crippen molar-refractivity contribution in [1.29, 1.82) is 0 Å². The van der Waals surface area contributed by atoms with E-state index in [1.807, 2.05) is 12.1 Å². The van der Waals surface area contributed by atoms with Crippen LogP contribution in [0.3, 0.4) is 0 Å². The summed E-state index contributed by atoms with van der Waals surface area (Å²) in [7, 11) is 5.11. The molecule has 134 valence electrons. The van der Waals surface area contributed by atoms with Crippen molar-refractivity contribution in [3.05, 3.63) is 35.9 Å². The molecular weight excluding hydrogens is 417 g/mol.